The maximum Gasteiger partial charge on any atom is 0 e. The molecule has 0 aliphatic carbocycles. The van der Waals surface area contributed by atoms with Gasteiger partial charge < -0.3 is 0 Å². The van der Waals surface area contributed by atoms with Crippen LogP contribution in [0.1, 0.15) is 11.1 Å². The van der Waals surface area contributed by atoms with E-state index in [0.29, 0.717) is 0 Å². The van der Waals surface area contributed by atoms with Crippen molar-refractivity contribution in [2.24, 2.45) is 0 Å². The van der Waals surface area contributed by atoms with Crippen molar-refractivity contribution in [1.82, 2.24) is 0 Å². The van der Waals surface area contributed by atoms with Crippen molar-refractivity contribution in [3.8, 4) is 0 Å². The molecule has 0 saturated heterocycles. The third-order valence-electron chi connectivity index (χ3n) is 1.93. The molecule has 2 aromatic carbocycles. The van der Waals surface area contributed by atoms with Gasteiger partial charge in [-0.1, -0.05) is 36.4 Å². The van der Waals surface area contributed by atoms with Crippen LogP contribution in [-0.4, -0.2) is 0 Å². The van der Waals surface area contributed by atoms with Crippen LogP contribution in [0.25, 0.3) is 0 Å². The van der Waals surface area contributed by atoms with E-state index in [-0.39, 0.29) is 36.5 Å². The summed E-state index contributed by atoms with van der Waals surface area (Å²) in [6.45, 7) is 0. The molecule has 0 aliphatic heterocycles. The van der Waals surface area contributed by atoms with Crippen LogP contribution in [0.5, 0.6) is 0 Å². The Morgan fingerprint density at radius 2 is 0.933 bits per heavy atom. The molecule has 74 valence electrons. The van der Waals surface area contributed by atoms with Crippen LogP contribution in [0.15, 0.2) is 60.7 Å². The molecule has 0 spiro atoms. The second kappa shape index (κ2) is 7.67. The second-order valence-electron chi connectivity index (χ2n) is 2.97. The van der Waals surface area contributed by atoms with Crippen LogP contribution in [0, 0.1) is 6.42 Å². The number of hydrogen-bond donors (Lipinski definition) is 0. The van der Waals surface area contributed by atoms with Crippen molar-refractivity contribution in [1.29, 1.82) is 0 Å². The fraction of sp³-hybridized carbons (Fsp3) is 0. The van der Waals surface area contributed by atoms with Gasteiger partial charge in [-0.3, -0.25) is 0 Å². The normalized spacial score (nSPS) is 8.27. The molecule has 2 aromatic rings. The molecule has 0 aromatic heterocycles. The molecular formula is C13H12BrZn-. The van der Waals surface area contributed by atoms with Gasteiger partial charge in [-0.25, -0.2) is 0 Å². The van der Waals surface area contributed by atoms with Gasteiger partial charge >= 0.3 is 0 Å². The molecular weight excluding hydrogens is 301 g/mol. The zero-order valence-corrected chi connectivity index (χ0v) is 13.1. The molecule has 0 heterocycles. The molecule has 2 heteroatoms. The van der Waals surface area contributed by atoms with Crippen LogP contribution in [0.3, 0.4) is 0 Å². The van der Waals surface area contributed by atoms with Crippen molar-refractivity contribution in [3.05, 3.63) is 78.2 Å². The summed E-state index contributed by atoms with van der Waals surface area (Å²) in [7, 11) is 0. The number of hydrogen-bond acceptors (Lipinski definition) is 0. The SMILES string of the molecule is Br.[Zn].c1ccc([CH-]c2ccccc2)cc1. The van der Waals surface area contributed by atoms with E-state index in [1.165, 1.54) is 11.1 Å². The Morgan fingerprint density at radius 3 is 1.27 bits per heavy atom. The third kappa shape index (κ3) is 4.64. The Hall–Kier alpha value is -0.587. The molecule has 0 bridgehead atoms. The molecule has 2 rings (SSSR count). The van der Waals surface area contributed by atoms with E-state index >= 15 is 0 Å². The Morgan fingerprint density at radius 1 is 0.600 bits per heavy atom. The van der Waals surface area contributed by atoms with Gasteiger partial charge in [0.15, 0.2) is 0 Å². The molecule has 0 amide bonds. The Labute approximate surface area is 114 Å². The second-order valence-corrected chi connectivity index (χ2v) is 2.97. The largest absolute Gasteiger partial charge is 0.126 e. The standard InChI is InChI=1S/C13H11.BrH.Zn/c1-3-7-12(8-4-1)11-13-9-5-2-6-10-13;;/h1-11H;1H;/q-1;;. The van der Waals surface area contributed by atoms with Gasteiger partial charge in [0.1, 0.15) is 0 Å². The van der Waals surface area contributed by atoms with E-state index in [0.717, 1.165) is 0 Å². The van der Waals surface area contributed by atoms with Crippen LogP contribution in [0.2, 0.25) is 0 Å². The summed E-state index contributed by atoms with van der Waals surface area (Å²) >= 11 is 0. The van der Waals surface area contributed by atoms with E-state index in [9.17, 15) is 0 Å². The van der Waals surface area contributed by atoms with E-state index in [2.05, 4.69) is 55.0 Å². The van der Waals surface area contributed by atoms with Gasteiger partial charge in [-0.05, 0) is 0 Å². The Balaban J connectivity index is 0.000000980. The maximum absolute atomic E-state index is 2.17. The Bertz CT molecular complexity index is 321. The van der Waals surface area contributed by atoms with Gasteiger partial charge in [0.05, 0.1) is 0 Å². The first kappa shape index (κ1) is 14.4. The minimum atomic E-state index is 0. The monoisotopic (exact) mass is 311 g/mol. The van der Waals surface area contributed by atoms with Gasteiger partial charge in [0.25, 0.3) is 0 Å². The molecule has 0 saturated carbocycles. The fourth-order valence-corrected chi connectivity index (χ4v) is 1.29. The molecule has 0 unspecified atom stereocenters. The number of benzene rings is 2. The quantitative estimate of drug-likeness (QED) is 0.583. The summed E-state index contributed by atoms with van der Waals surface area (Å²) in [6, 6.07) is 20.7. The molecule has 0 radical (unpaired) electrons. The first-order chi connectivity index (χ1) is 6.45. The van der Waals surface area contributed by atoms with Gasteiger partial charge in [-0.15, -0.1) is 58.8 Å². The summed E-state index contributed by atoms with van der Waals surface area (Å²) in [4.78, 5) is 0. The van der Waals surface area contributed by atoms with Crippen LogP contribution in [-0.2, 0) is 19.5 Å². The topological polar surface area (TPSA) is 0 Å². The smallest absolute Gasteiger partial charge is 0 e. The molecule has 0 aliphatic rings. The summed E-state index contributed by atoms with van der Waals surface area (Å²) in [5.41, 5.74) is 2.49. The van der Waals surface area contributed by atoms with Gasteiger partial charge in [0, 0.05) is 19.5 Å². The van der Waals surface area contributed by atoms with Gasteiger partial charge in [0.2, 0.25) is 0 Å². The summed E-state index contributed by atoms with van der Waals surface area (Å²) in [5.74, 6) is 0. The third-order valence-corrected chi connectivity index (χ3v) is 1.93. The van der Waals surface area contributed by atoms with E-state index in [1.54, 1.807) is 0 Å². The molecule has 15 heavy (non-hydrogen) atoms. The molecule has 0 nitrogen and oxygen atoms in total. The van der Waals surface area contributed by atoms with Crippen molar-refractivity contribution in [2.45, 2.75) is 0 Å². The summed E-state index contributed by atoms with van der Waals surface area (Å²) in [6.07, 6.45) is 2.17. The van der Waals surface area contributed by atoms with Crippen LogP contribution >= 0.6 is 17.0 Å². The first-order valence-electron chi connectivity index (χ1n) is 4.40. The van der Waals surface area contributed by atoms with Gasteiger partial charge in [-0.2, -0.15) is 0 Å². The first-order valence-corrected chi connectivity index (χ1v) is 4.40. The van der Waals surface area contributed by atoms with Crippen molar-refractivity contribution in [3.63, 3.8) is 0 Å². The van der Waals surface area contributed by atoms with Crippen molar-refractivity contribution in [2.75, 3.05) is 0 Å². The predicted molar refractivity (Wildman–Crippen MR) is 65.7 cm³/mol. The Kier molecular flexibility index (Phi) is 7.37. The number of halogens is 1. The van der Waals surface area contributed by atoms with Crippen molar-refractivity contribution >= 4 is 17.0 Å². The molecule has 0 fully saturated rings. The van der Waals surface area contributed by atoms with Crippen LogP contribution < -0.4 is 0 Å². The predicted octanol–water partition coefficient (Wildman–Crippen LogP) is 3.86. The maximum atomic E-state index is 2.17. The molecule has 0 N–H and O–H groups in total. The van der Waals surface area contributed by atoms with Crippen molar-refractivity contribution < 1.29 is 19.5 Å². The fourth-order valence-electron chi connectivity index (χ4n) is 1.29. The zero-order chi connectivity index (χ0) is 8.93. The average Bonchev–Trinajstić information content (AvgIpc) is 2.21. The zero-order valence-electron chi connectivity index (χ0n) is 8.47. The van der Waals surface area contributed by atoms with E-state index in [1.807, 2.05) is 12.1 Å². The number of rotatable bonds is 2. The molecule has 0 atom stereocenters. The van der Waals surface area contributed by atoms with E-state index < -0.39 is 0 Å². The minimum absolute atomic E-state index is 0. The van der Waals surface area contributed by atoms with Crippen LogP contribution in [0.4, 0.5) is 0 Å². The minimum Gasteiger partial charge on any atom is -0.126 e. The average molecular weight is 314 g/mol. The van der Waals surface area contributed by atoms with E-state index in [4.69, 9.17) is 0 Å². The summed E-state index contributed by atoms with van der Waals surface area (Å²) < 4.78 is 0. The summed E-state index contributed by atoms with van der Waals surface area (Å²) in [5, 5.41) is 0.